The summed E-state index contributed by atoms with van der Waals surface area (Å²) in [5, 5.41) is 3.49. The van der Waals surface area contributed by atoms with Gasteiger partial charge >= 0.3 is 0 Å². The number of ether oxygens (including phenoxy) is 1. The Morgan fingerprint density at radius 1 is 1.33 bits per heavy atom. The largest absolute Gasteiger partial charge is 0.384 e. The van der Waals surface area contributed by atoms with Crippen molar-refractivity contribution in [2.24, 2.45) is 16.8 Å². The molecule has 1 saturated heterocycles. The fourth-order valence-electron chi connectivity index (χ4n) is 2.73. The Balaban J connectivity index is 1.64. The van der Waals surface area contributed by atoms with Crippen LogP contribution >= 0.6 is 0 Å². The van der Waals surface area contributed by atoms with Gasteiger partial charge in [0.2, 0.25) is 0 Å². The standard InChI is InChI=1S/C14H27N3O/c1-15-14(16-8-3-4-12-5-6-12)17-9-7-13(10-17)11-18-2/h12-13H,3-11H2,1-2H3,(H,15,16). The highest BCUT2D eigenvalue weighted by atomic mass is 16.5. The average molecular weight is 253 g/mol. The highest BCUT2D eigenvalue weighted by Gasteiger charge is 2.24. The second kappa shape index (κ2) is 6.98. The molecule has 18 heavy (non-hydrogen) atoms. The molecule has 1 N–H and O–H groups in total. The van der Waals surface area contributed by atoms with E-state index in [0.29, 0.717) is 5.92 Å². The molecule has 0 aromatic carbocycles. The molecule has 0 aromatic heterocycles. The summed E-state index contributed by atoms with van der Waals surface area (Å²) in [4.78, 5) is 6.75. The first-order chi connectivity index (χ1) is 8.83. The van der Waals surface area contributed by atoms with Crippen molar-refractivity contribution < 1.29 is 4.74 Å². The number of methoxy groups -OCH3 is 1. The van der Waals surface area contributed by atoms with Crippen molar-refractivity contribution in [3.63, 3.8) is 0 Å². The highest BCUT2D eigenvalue weighted by molar-refractivity contribution is 5.80. The highest BCUT2D eigenvalue weighted by Crippen LogP contribution is 2.33. The molecule has 1 saturated carbocycles. The van der Waals surface area contributed by atoms with Crippen LogP contribution in [0.15, 0.2) is 4.99 Å². The zero-order valence-corrected chi connectivity index (χ0v) is 11.8. The molecule has 4 nitrogen and oxygen atoms in total. The Kier molecular flexibility index (Phi) is 5.29. The predicted molar refractivity (Wildman–Crippen MR) is 74.9 cm³/mol. The fraction of sp³-hybridized carbons (Fsp3) is 0.929. The van der Waals surface area contributed by atoms with Gasteiger partial charge in [0.05, 0.1) is 6.61 Å². The lowest BCUT2D eigenvalue weighted by Gasteiger charge is -2.21. The van der Waals surface area contributed by atoms with Crippen molar-refractivity contribution >= 4 is 5.96 Å². The minimum atomic E-state index is 0.667. The van der Waals surface area contributed by atoms with Crippen LogP contribution < -0.4 is 5.32 Å². The Hall–Kier alpha value is -0.770. The van der Waals surface area contributed by atoms with E-state index < -0.39 is 0 Å². The molecule has 1 unspecified atom stereocenters. The van der Waals surface area contributed by atoms with Gasteiger partial charge in [-0.05, 0) is 25.2 Å². The van der Waals surface area contributed by atoms with Gasteiger partial charge < -0.3 is 15.0 Å². The molecule has 1 aliphatic heterocycles. The normalized spacial score (nSPS) is 24.7. The van der Waals surface area contributed by atoms with Gasteiger partial charge in [0.1, 0.15) is 0 Å². The van der Waals surface area contributed by atoms with E-state index in [1.807, 2.05) is 7.05 Å². The monoisotopic (exact) mass is 253 g/mol. The molecule has 104 valence electrons. The van der Waals surface area contributed by atoms with E-state index in [1.165, 1.54) is 32.1 Å². The van der Waals surface area contributed by atoms with Crippen molar-refractivity contribution in [2.45, 2.75) is 32.1 Å². The van der Waals surface area contributed by atoms with Crippen LogP contribution in [-0.4, -0.2) is 51.3 Å². The minimum Gasteiger partial charge on any atom is -0.384 e. The molecule has 0 radical (unpaired) electrons. The van der Waals surface area contributed by atoms with Gasteiger partial charge in [-0.25, -0.2) is 0 Å². The van der Waals surface area contributed by atoms with Crippen LogP contribution in [0.25, 0.3) is 0 Å². The van der Waals surface area contributed by atoms with Crippen molar-refractivity contribution in [2.75, 3.05) is 40.4 Å². The molecule has 1 atom stereocenters. The lowest BCUT2D eigenvalue weighted by atomic mass is 10.1. The van der Waals surface area contributed by atoms with E-state index in [4.69, 9.17) is 4.74 Å². The van der Waals surface area contributed by atoms with Crippen LogP contribution in [0.4, 0.5) is 0 Å². The summed E-state index contributed by atoms with van der Waals surface area (Å²) in [6.07, 6.45) is 6.80. The maximum absolute atomic E-state index is 5.23. The maximum atomic E-state index is 5.23. The Labute approximate surface area is 111 Å². The summed E-state index contributed by atoms with van der Waals surface area (Å²) < 4.78 is 5.23. The molecule has 2 rings (SSSR count). The summed E-state index contributed by atoms with van der Waals surface area (Å²) in [6, 6.07) is 0. The number of likely N-dealkylation sites (tertiary alicyclic amines) is 1. The number of guanidine groups is 1. The third-order valence-corrected chi connectivity index (χ3v) is 3.97. The second-order valence-corrected chi connectivity index (χ2v) is 5.62. The predicted octanol–water partition coefficient (Wildman–Crippen LogP) is 1.72. The number of nitrogens with zero attached hydrogens (tertiary/aromatic N) is 2. The molecular formula is C14H27N3O. The SMILES string of the molecule is CN=C(NCCCC1CC1)N1CCC(COC)C1. The van der Waals surface area contributed by atoms with Gasteiger partial charge in [-0.2, -0.15) is 0 Å². The van der Waals surface area contributed by atoms with E-state index in [2.05, 4.69) is 15.2 Å². The van der Waals surface area contributed by atoms with Gasteiger partial charge in [-0.1, -0.05) is 12.8 Å². The van der Waals surface area contributed by atoms with Gasteiger partial charge in [-0.3, -0.25) is 4.99 Å². The summed E-state index contributed by atoms with van der Waals surface area (Å²) in [5.41, 5.74) is 0. The third-order valence-electron chi connectivity index (χ3n) is 3.97. The first-order valence-corrected chi connectivity index (χ1v) is 7.28. The van der Waals surface area contributed by atoms with Gasteiger partial charge in [-0.15, -0.1) is 0 Å². The number of nitrogens with one attached hydrogen (secondary N) is 1. The Morgan fingerprint density at radius 2 is 2.17 bits per heavy atom. The van der Waals surface area contributed by atoms with Crippen LogP contribution in [0.3, 0.4) is 0 Å². The van der Waals surface area contributed by atoms with Crippen LogP contribution in [0.5, 0.6) is 0 Å². The molecular weight excluding hydrogens is 226 g/mol. The first kappa shape index (κ1) is 13.7. The molecule has 0 bridgehead atoms. The third kappa shape index (κ3) is 4.16. The number of hydrogen-bond acceptors (Lipinski definition) is 2. The van der Waals surface area contributed by atoms with Crippen LogP contribution in [0, 0.1) is 11.8 Å². The van der Waals surface area contributed by atoms with Gasteiger partial charge in [0.15, 0.2) is 5.96 Å². The van der Waals surface area contributed by atoms with Crippen molar-refractivity contribution in [1.82, 2.24) is 10.2 Å². The Bertz CT molecular complexity index is 276. The molecule has 1 aliphatic carbocycles. The average Bonchev–Trinajstić information content (AvgIpc) is 3.09. The molecule has 2 aliphatic rings. The number of hydrogen-bond donors (Lipinski definition) is 1. The van der Waals surface area contributed by atoms with Crippen LogP contribution in [0.2, 0.25) is 0 Å². The zero-order valence-electron chi connectivity index (χ0n) is 11.8. The molecule has 0 amide bonds. The fourth-order valence-corrected chi connectivity index (χ4v) is 2.73. The van der Waals surface area contributed by atoms with E-state index in [1.54, 1.807) is 7.11 Å². The van der Waals surface area contributed by atoms with Crippen LogP contribution in [-0.2, 0) is 4.74 Å². The van der Waals surface area contributed by atoms with E-state index in [9.17, 15) is 0 Å². The van der Waals surface area contributed by atoms with E-state index in [-0.39, 0.29) is 0 Å². The van der Waals surface area contributed by atoms with Crippen molar-refractivity contribution in [1.29, 1.82) is 0 Å². The van der Waals surface area contributed by atoms with Crippen molar-refractivity contribution in [3.05, 3.63) is 0 Å². The van der Waals surface area contributed by atoms with E-state index >= 15 is 0 Å². The van der Waals surface area contributed by atoms with Gasteiger partial charge in [0.25, 0.3) is 0 Å². The second-order valence-electron chi connectivity index (χ2n) is 5.62. The summed E-state index contributed by atoms with van der Waals surface area (Å²) >= 11 is 0. The number of rotatable bonds is 6. The van der Waals surface area contributed by atoms with Crippen molar-refractivity contribution in [3.8, 4) is 0 Å². The lowest BCUT2D eigenvalue weighted by Crippen LogP contribution is -2.40. The molecule has 0 aromatic rings. The summed E-state index contributed by atoms with van der Waals surface area (Å²) in [7, 11) is 3.67. The molecule has 0 spiro atoms. The smallest absolute Gasteiger partial charge is 0.193 e. The number of aliphatic imine (C=N–C) groups is 1. The molecule has 2 fully saturated rings. The zero-order chi connectivity index (χ0) is 12.8. The molecule has 1 heterocycles. The van der Waals surface area contributed by atoms with E-state index in [0.717, 1.165) is 38.1 Å². The van der Waals surface area contributed by atoms with Crippen LogP contribution in [0.1, 0.15) is 32.1 Å². The molecule has 4 heteroatoms. The first-order valence-electron chi connectivity index (χ1n) is 7.28. The Morgan fingerprint density at radius 3 is 2.83 bits per heavy atom. The quantitative estimate of drug-likeness (QED) is 0.445. The minimum absolute atomic E-state index is 0.667. The lowest BCUT2D eigenvalue weighted by molar-refractivity contribution is 0.157. The summed E-state index contributed by atoms with van der Waals surface area (Å²) in [6.45, 7) is 4.12. The summed E-state index contributed by atoms with van der Waals surface area (Å²) in [5.74, 6) is 2.77. The maximum Gasteiger partial charge on any atom is 0.193 e. The van der Waals surface area contributed by atoms with Gasteiger partial charge in [0, 0.05) is 39.7 Å². The topological polar surface area (TPSA) is 36.9 Å².